The average molecular weight is 394 g/mol. The topological polar surface area (TPSA) is 88.0 Å². The first-order valence-electron chi connectivity index (χ1n) is 10.4. The van der Waals surface area contributed by atoms with E-state index in [2.05, 4.69) is 15.4 Å². The van der Waals surface area contributed by atoms with E-state index in [4.69, 9.17) is 0 Å². The van der Waals surface area contributed by atoms with Crippen LogP contribution in [-0.4, -0.2) is 56.3 Å². The van der Waals surface area contributed by atoms with Gasteiger partial charge < -0.3 is 15.2 Å². The van der Waals surface area contributed by atoms with E-state index in [1.54, 1.807) is 6.20 Å². The van der Waals surface area contributed by atoms with Crippen molar-refractivity contribution >= 4 is 16.9 Å². The number of likely N-dealkylation sites (tertiary alicyclic amines) is 1. The maximum Gasteiger partial charge on any atom is 0.326 e. The monoisotopic (exact) mass is 394 g/mol. The largest absolute Gasteiger partial charge is 0.340 e. The van der Waals surface area contributed by atoms with Crippen LogP contribution < -0.4 is 11.0 Å². The first-order valence-corrected chi connectivity index (χ1v) is 10.4. The van der Waals surface area contributed by atoms with Crippen molar-refractivity contribution in [3.8, 4) is 0 Å². The lowest BCUT2D eigenvalue weighted by Gasteiger charge is -2.42. The summed E-state index contributed by atoms with van der Waals surface area (Å²) in [5.74, 6) is 0.160. The highest BCUT2D eigenvalue weighted by Gasteiger charge is 2.45. The van der Waals surface area contributed by atoms with Crippen molar-refractivity contribution in [1.29, 1.82) is 0 Å². The molecule has 2 aliphatic rings. The van der Waals surface area contributed by atoms with E-state index in [1.165, 1.54) is 0 Å². The van der Waals surface area contributed by atoms with E-state index in [-0.39, 0.29) is 17.6 Å². The minimum atomic E-state index is -0.598. The number of nitrogens with zero attached hydrogens (tertiary/aromatic N) is 4. The average Bonchev–Trinajstić information content (AvgIpc) is 3.41. The molecule has 1 amide bonds. The standard InChI is InChI=1S/C21H26N6O2/c28-19(21(8-11-22-12-9-21)26-13-3-10-23-26)25-14-6-16(7-15-25)27-18-5-2-1-4-17(18)24-20(27)29/h1-5,10,13,16,22H,6-9,11-12,14-15H2,(H,24,29). The van der Waals surface area contributed by atoms with Gasteiger partial charge in [-0.2, -0.15) is 5.10 Å². The zero-order chi connectivity index (χ0) is 19.8. The zero-order valence-electron chi connectivity index (χ0n) is 16.4. The van der Waals surface area contributed by atoms with E-state index in [0.717, 1.165) is 49.8 Å². The fourth-order valence-electron chi connectivity index (χ4n) is 4.96. The molecule has 0 atom stereocenters. The summed E-state index contributed by atoms with van der Waals surface area (Å²) in [5.41, 5.74) is 1.14. The minimum Gasteiger partial charge on any atom is -0.340 e. The van der Waals surface area contributed by atoms with Gasteiger partial charge in [-0.25, -0.2) is 4.79 Å². The van der Waals surface area contributed by atoms with Crippen LogP contribution in [0.5, 0.6) is 0 Å². The third-order valence-corrected chi connectivity index (χ3v) is 6.51. The Morgan fingerprint density at radius 1 is 1.10 bits per heavy atom. The van der Waals surface area contributed by atoms with Gasteiger partial charge in [0.05, 0.1) is 11.0 Å². The Balaban J connectivity index is 1.36. The molecule has 0 saturated carbocycles. The van der Waals surface area contributed by atoms with E-state index >= 15 is 0 Å². The summed E-state index contributed by atoms with van der Waals surface area (Å²) in [5, 5.41) is 7.78. The van der Waals surface area contributed by atoms with Gasteiger partial charge in [-0.1, -0.05) is 12.1 Å². The van der Waals surface area contributed by atoms with Crippen molar-refractivity contribution in [2.45, 2.75) is 37.3 Å². The molecule has 8 heteroatoms. The molecule has 3 aromatic rings. The predicted octanol–water partition coefficient (Wildman–Crippen LogP) is 1.47. The Labute approximate surface area is 168 Å². The summed E-state index contributed by atoms with van der Waals surface area (Å²) in [6.07, 6.45) is 6.70. The van der Waals surface area contributed by atoms with Crippen molar-refractivity contribution in [1.82, 2.24) is 29.5 Å². The van der Waals surface area contributed by atoms with Crippen LogP contribution in [0.25, 0.3) is 11.0 Å². The predicted molar refractivity (Wildman–Crippen MR) is 110 cm³/mol. The summed E-state index contributed by atoms with van der Waals surface area (Å²) in [4.78, 5) is 31.0. The zero-order valence-corrected chi connectivity index (χ0v) is 16.4. The van der Waals surface area contributed by atoms with Gasteiger partial charge in [0.1, 0.15) is 5.54 Å². The molecule has 0 spiro atoms. The summed E-state index contributed by atoms with van der Waals surface area (Å²) in [6, 6.07) is 9.78. The maximum absolute atomic E-state index is 13.6. The minimum absolute atomic E-state index is 0.0673. The second-order valence-corrected chi connectivity index (χ2v) is 8.07. The molecule has 2 aromatic heterocycles. The number of nitrogens with one attached hydrogen (secondary N) is 2. The third-order valence-electron chi connectivity index (χ3n) is 6.51. The van der Waals surface area contributed by atoms with E-state index in [0.29, 0.717) is 13.1 Å². The number of H-pyrrole nitrogens is 1. The van der Waals surface area contributed by atoms with Crippen molar-refractivity contribution in [3.63, 3.8) is 0 Å². The van der Waals surface area contributed by atoms with E-state index in [9.17, 15) is 9.59 Å². The number of hydrogen-bond acceptors (Lipinski definition) is 4. The summed E-state index contributed by atoms with van der Waals surface area (Å²) in [7, 11) is 0. The Hall–Kier alpha value is -2.87. The van der Waals surface area contributed by atoms with Crippen LogP contribution in [0, 0.1) is 0 Å². The van der Waals surface area contributed by atoms with Crippen molar-refractivity contribution in [3.05, 3.63) is 53.2 Å². The number of aromatic amines is 1. The normalized spacial score (nSPS) is 20.2. The Morgan fingerprint density at radius 2 is 1.86 bits per heavy atom. The first kappa shape index (κ1) is 18.2. The van der Waals surface area contributed by atoms with Gasteiger partial charge in [-0.3, -0.25) is 14.0 Å². The number of imidazole rings is 1. The molecular weight excluding hydrogens is 368 g/mol. The number of amides is 1. The van der Waals surface area contributed by atoms with Crippen LogP contribution in [0.15, 0.2) is 47.5 Å². The lowest BCUT2D eigenvalue weighted by atomic mass is 9.86. The summed E-state index contributed by atoms with van der Waals surface area (Å²) >= 11 is 0. The van der Waals surface area contributed by atoms with Crippen LogP contribution in [0.3, 0.4) is 0 Å². The van der Waals surface area contributed by atoms with Crippen LogP contribution in [0.1, 0.15) is 31.7 Å². The molecule has 0 bridgehead atoms. The van der Waals surface area contributed by atoms with Gasteiger partial charge in [0.25, 0.3) is 5.91 Å². The van der Waals surface area contributed by atoms with E-state index in [1.807, 2.05) is 50.7 Å². The molecule has 5 rings (SSSR count). The van der Waals surface area contributed by atoms with Gasteiger partial charge in [0, 0.05) is 31.5 Å². The fraction of sp³-hybridized carbons (Fsp3) is 0.476. The molecule has 8 nitrogen and oxygen atoms in total. The molecule has 4 heterocycles. The van der Waals surface area contributed by atoms with Crippen molar-refractivity contribution < 1.29 is 4.79 Å². The van der Waals surface area contributed by atoms with Gasteiger partial charge in [0.15, 0.2) is 0 Å². The van der Waals surface area contributed by atoms with Gasteiger partial charge in [-0.15, -0.1) is 0 Å². The van der Waals surface area contributed by atoms with Gasteiger partial charge >= 0.3 is 5.69 Å². The van der Waals surface area contributed by atoms with Crippen molar-refractivity contribution in [2.24, 2.45) is 0 Å². The number of hydrogen-bond donors (Lipinski definition) is 2. The molecule has 0 unspecified atom stereocenters. The second kappa shape index (κ2) is 7.18. The highest BCUT2D eigenvalue weighted by Crippen LogP contribution is 2.32. The molecule has 2 fully saturated rings. The van der Waals surface area contributed by atoms with Gasteiger partial charge in [0.2, 0.25) is 0 Å². The molecule has 152 valence electrons. The lowest BCUT2D eigenvalue weighted by molar-refractivity contribution is -0.144. The lowest BCUT2D eigenvalue weighted by Crippen LogP contribution is -2.57. The number of para-hydroxylation sites is 2. The van der Waals surface area contributed by atoms with Gasteiger partial charge in [-0.05, 0) is 57.0 Å². The van der Waals surface area contributed by atoms with Crippen LogP contribution >= 0.6 is 0 Å². The SMILES string of the molecule is O=C(N1CCC(n2c(=O)[nH]c3ccccc32)CC1)C1(n2cccn2)CCNCC1. The molecule has 1 aromatic carbocycles. The maximum atomic E-state index is 13.6. The molecular formula is C21H26N6O2. The smallest absolute Gasteiger partial charge is 0.326 e. The molecule has 0 radical (unpaired) electrons. The van der Waals surface area contributed by atoms with Crippen LogP contribution in [0.2, 0.25) is 0 Å². The number of aromatic nitrogens is 4. The number of carbonyl (C=O) groups excluding carboxylic acids is 1. The number of rotatable bonds is 3. The number of piperidine rings is 2. The molecule has 2 saturated heterocycles. The van der Waals surface area contributed by atoms with Crippen molar-refractivity contribution in [2.75, 3.05) is 26.2 Å². The number of benzene rings is 1. The van der Waals surface area contributed by atoms with E-state index < -0.39 is 5.54 Å². The Kier molecular flexibility index (Phi) is 4.50. The highest BCUT2D eigenvalue weighted by atomic mass is 16.2. The third kappa shape index (κ3) is 2.98. The molecule has 0 aliphatic carbocycles. The van der Waals surface area contributed by atoms with Crippen LogP contribution in [-0.2, 0) is 10.3 Å². The second-order valence-electron chi connectivity index (χ2n) is 8.07. The number of fused-ring (bicyclic) bond motifs is 1. The Bertz CT molecular complexity index is 1050. The Morgan fingerprint density at radius 3 is 2.59 bits per heavy atom. The van der Waals surface area contributed by atoms with Crippen LogP contribution in [0.4, 0.5) is 0 Å². The first-order chi connectivity index (χ1) is 14.2. The molecule has 2 aliphatic heterocycles. The highest BCUT2D eigenvalue weighted by molar-refractivity contribution is 5.85. The quantitative estimate of drug-likeness (QED) is 0.704. The number of carbonyl (C=O) groups is 1. The fourth-order valence-corrected chi connectivity index (χ4v) is 4.96. The summed E-state index contributed by atoms with van der Waals surface area (Å²) in [6.45, 7) is 2.94. The molecule has 2 N–H and O–H groups in total. The molecule has 29 heavy (non-hydrogen) atoms. The summed E-state index contributed by atoms with van der Waals surface area (Å²) < 4.78 is 3.72.